The Kier molecular flexibility index (Phi) is 5.20. The number of hydrogen-bond acceptors (Lipinski definition) is 3. The Morgan fingerprint density at radius 2 is 2.16 bits per heavy atom. The van der Waals surface area contributed by atoms with Gasteiger partial charge in [-0.1, -0.05) is 25.8 Å². The molecule has 1 saturated carbocycles. The zero-order chi connectivity index (χ0) is 13.7. The first kappa shape index (κ1) is 14.3. The van der Waals surface area contributed by atoms with Crippen molar-refractivity contribution in [2.75, 3.05) is 12.3 Å². The molecule has 0 aliphatic heterocycles. The summed E-state index contributed by atoms with van der Waals surface area (Å²) in [4.78, 5) is 4.33. The first-order valence-corrected chi connectivity index (χ1v) is 7.66. The minimum absolute atomic E-state index is 0.573. The molecular formula is C16H27N3. The monoisotopic (exact) mass is 261 g/mol. The van der Waals surface area contributed by atoms with Crippen molar-refractivity contribution in [3.05, 3.63) is 23.4 Å². The number of pyridine rings is 1. The van der Waals surface area contributed by atoms with E-state index in [2.05, 4.69) is 30.2 Å². The van der Waals surface area contributed by atoms with Gasteiger partial charge < -0.3 is 11.1 Å². The fourth-order valence-corrected chi connectivity index (χ4v) is 3.11. The second kappa shape index (κ2) is 6.90. The lowest BCUT2D eigenvalue weighted by molar-refractivity contribution is 0.439. The highest BCUT2D eigenvalue weighted by Crippen LogP contribution is 2.34. The molecule has 0 bridgehead atoms. The summed E-state index contributed by atoms with van der Waals surface area (Å²) in [5, 5.41) is 3.68. The van der Waals surface area contributed by atoms with Crippen molar-refractivity contribution in [2.24, 2.45) is 0 Å². The Bertz CT molecular complexity index is 403. The lowest BCUT2D eigenvalue weighted by Gasteiger charge is -2.22. The zero-order valence-corrected chi connectivity index (χ0v) is 12.3. The highest BCUT2D eigenvalue weighted by molar-refractivity contribution is 5.43. The number of nitrogens with one attached hydrogen (secondary N) is 1. The summed E-state index contributed by atoms with van der Waals surface area (Å²) in [5.74, 6) is 1.30. The molecule has 1 heterocycles. The summed E-state index contributed by atoms with van der Waals surface area (Å²) < 4.78 is 0. The van der Waals surface area contributed by atoms with Crippen LogP contribution in [0.2, 0.25) is 0 Å². The second-order valence-electron chi connectivity index (χ2n) is 5.86. The number of hydrogen-bond donors (Lipinski definition) is 2. The largest absolute Gasteiger partial charge is 0.383 e. The normalized spacial score (nSPS) is 24.1. The maximum absolute atomic E-state index is 6.09. The minimum Gasteiger partial charge on any atom is -0.383 e. The van der Waals surface area contributed by atoms with E-state index in [1.165, 1.54) is 49.7 Å². The molecule has 2 atom stereocenters. The molecule has 3 nitrogen and oxygen atoms in total. The van der Waals surface area contributed by atoms with Crippen molar-refractivity contribution in [3.63, 3.8) is 0 Å². The topological polar surface area (TPSA) is 50.9 Å². The summed E-state index contributed by atoms with van der Waals surface area (Å²) in [6.07, 6.45) is 9.46. The quantitative estimate of drug-likeness (QED) is 0.817. The molecule has 0 radical (unpaired) electrons. The third-order valence-electron chi connectivity index (χ3n) is 4.13. The van der Waals surface area contributed by atoms with E-state index in [0.29, 0.717) is 12.0 Å². The van der Waals surface area contributed by atoms with E-state index in [9.17, 15) is 0 Å². The number of anilines is 1. The smallest absolute Gasteiger partial charge is 0.126 e. The van der Waals surface area contributed by atoms with Gasteiger partial charge in [-0.3, -0.25) is 0 Å². The molecule has 1 aromatic heterocycles. The Balaban J connectivity index is 2.10. The van der Waals surface area contributed by atoms with E-state index in [0.717, 1.165) is 12.4 Å². The summed E-state index contributed by atoms with van der Waals surface area (Å²) in [5.41, 5.74) is 8.57. The molecule has 0 saturated heterocycles. The maximum atomic E-state index is 6.09. The van der Waals surface area contributed by atoms with E-state index >= 15 is 0 Å². The molecule has 2 rings (SSSR count). The molecular weight excluding hydrogens is 234 g/mol. The predicted molar refractivity (Wildman–Crippen MR) is 81.3 cm³/mol. The van der Waals surface area contributed by atoms with E-state index < -0.39 is 0 Å². The minimum atomic E-state index is 0.573. The number of aromatic nitrogens is 1. The van der Waals surface area contributed by atoms with Gasteiger partial charge in [-0.2, -0.15) is 0 Å². The molecule has 1 fully saturated rings. The van der Waals surface area contributed by atoms with Gasteiger partial charge in [-0.05, 0) is 56.2 Å². The molecule has 0 spiro atoms. The van der Waals surface area contributed by atoms with Gasteiger partial charge in [0.25, 0.3) is 0 Å². The van der Waals surface area contributed by atoms with Gasteiger partial charge in [0.05, 0.1) is 0 Å². The average molecular weight is 261 g/mol. The van der Waals surface area contributed by atoms with Crippen LogP contribution < -0.4 is 11.1 Å². The van der Waals surface area contributed by atoms with Crippen molar-refractivity contribution in [1.29, 1.82) is 0 Å². The number of nitrogen functional groups attached to an aromatic ring is 1. The average Bonchev–Trinajstić information content (AvgIpc) is 2.64. The molecule has 0 aromatic carbocycles. The molecule has 2 unspecified atom stereocenters. The van der Waals surface area contributed by atoms with E-state index in [4.69, 9.17) is 5.73 Å². The van der Waals surface area contributed by atoms with Gasteiger partial charge in [0.1, 0.15) is 5.82 Å². The van der Waals surface area contributed by atoms with Crippen LogP contribution in [0.1, 0.15) is 62.5 Å². The highest BCUT2D eigenvalue weighted by atomic mass is 14.9. The lowest BCUT2D eigenvalue weighted by atomic mass is 9.90. The van der Waals surface area contributed by atoms with Gasteiger partial charge in [0, 0.05) is 12.2 Å². The fourth-order valence-electron chi connectivity index (χ4n) is 3.11. The van der Waals surface area contributed by atoms with E-state index in [-0.39, 0.29) is 0 Å². The van der Waals surface area contributed by atoms with Crippen LogP contribution in [-0.2, 0) is 0 Å². The maximum Gasteiger partial charge on any atom is 0.126 e. The van der Waals surface area contributed by atoms with Gasteiger partial charge in [-0.25, -0.2) is 4.98 Å². The van der Waals surface area contributed by atoms with Crippen LogP contribution in [0.15, 0.2) is 12.3 Å². The predicted octanol–water partition coefficient (Wildman–Crippen LogP) is 3.39. The van der Waals surface area contributed by atoms with Gasteiger partial charge in [0.2, 0.25) is 0 Å². The number of nitrogens with zero attached hydrogens (tertiary/aromatic N) is 1. The van der Waals surface area contributed by atoms with Gasteiger partial charge in [-0.15, -0.1) is 0 Å². The van der Waals surface area contributed by atoms with Crippen LogP contribution in [0.4, 0.5) is 5.82 Å². The van der Waals surface area contributed by atoms with Crippen molar-refractivity contribution in [2.45, 2.75) is 64.3 Å². The summed E-state index contributed by atoms with van der Waals surface area (Å²) in [6, 6.07) is 2.88. The standard InChI is InChI=1S/C16H27N3/c1-3-8-18-14-7-5-4-6-13(10-14)15-9-12(2)11-19-16(15)17/h9,11,13-14,18H,3-8,10H2,1-2H3,(H2,17,19). The Hall–Kier alpha value is -1.09. The molecule has 3 heteroatoms. The zero-order valence-electron chi connectivity index (χ0n) is 12.3. The van der Waals surface area contributed by atoms with Crippen LogP contribution >= 0.6 is 0 Å². The molecule has 19 heavy (non-hydrogen) atoms. The van der Waals surface area contributed by atoms with Crippen LogP contribution in [-0.4, -0.2) is 17.6 Å². The van der Waals surface area contributed by atoms with E-state index in [1.807, 2.05) is 6.20 Å². The Morgan fingerprint density at radius 3 is 2.95 bits per heavy atom. The fraction of sp³-hybridized carbons (Fsp3) is 0.688. The first-order chi connectivity index (χ1) is 9.20. The van der Waals surface area contributed by atoms with Crippen LogP contribution in [0.5, 0.6) is 0 Å². The molecule has 1 aliphatic rings. The SMILES string of the molecule is CCCNC1CCCCC(c2cc(C)cnc2N)C1. The van der Waals surface area contributed by atoms with Crippen LogP contribution in [0, 0.1) is 6.92 Å². The molecule has 106 valence electrons. The van der Waals surface area contributed by atoms with Crippen LogP contribution in [0.25, 0.3) is 0 Å². The van der Waals surface area contributed by atoms with Crippen LogP contribution in [0.3, 0.4) is 0 Å². The Morgan fingerprint density at radius 1 is 1.37 bits per heavy atom. The number of aryl methyl sites for hydroxylation is 1. The number of nitrogens with two attached hydrogens (primary N) is 1. The third kappa shape index (κ3) is 3.93. The lowest BCUT2D eigenvalue weighted by Crippen LogP contribution is -2.30. The first-order valence-electron chi connectivity index (χ1n) is 7.66. The summed E-state index contributed by atoms with van der Waals surface area (Å²) in [7, 11) is 0. The highest BCUT2D eigenvalue weighted by Gasteiger charge is 2.23. The summed E-state index contributed by atoms with van der Waals surface area (Å²) in [6.45, 7) is 5.45. The molecule has 3 N–H and O–H groups in total. The summed E-state index contributed by atoms with van der Waals surface area (Å²) >= 11 is 0. The number of rotatable bonds is 4. The third-order valence-corrected chi connectivity index (χ3v) is 4.13. The van der Waals surface area contributed by atoms with E-state index in [1.54, 1.807) is 0 Å². The van der Waals surface area contributed by atoms with Crippen molar-refractivity contribution >= 4 is 5.82 Å². The molecule has 1 aromatic rings. The second-order valence-corrected chi connectivity index (χ2v) is 5.86. The Labute approximate surface area is 117 Å². The molecule has 0 amide bonds. The molecule has 1 aliphatic carbocycles. The van der Waals surface area contributed by atoms with Crippen molar-refractivity contribution in [3.8, 4) is 0 Å². The van der Waals surface area contributed by atoms with Crippen molar-refractivity contribution in [1.82, 2.24) is 10.3 Å². The van der Waals surface area contributed by atoms with Gasteiger partial charge >= 0.3 is 0 Å². The van der Waals surface area contributed by atoms with Crippen molar-refractivity contribution < 1.29 is 0 Å². The van der Waals surface area contributed by atoms with Gasteiger partial charge in [0.15, 0.2) is 0 Å².